The van der Waals surface area contributed by atoms with Crippen LogP contribution >= 0.6 is 11.3 Å². The molecule has 0 bridgehead atoms. The first-order chi connectivity index (χ1) is 12.6. The molecule has 4 rings (SSSR count). The molecule has 2 aromatic rings. The van der Waals surface area contributed by atoms with E-state index in [-0.39, 0.29) is 11.9 Å². The number of aromatic nitrogens is 4. The standard InChI is InChI=1S/C18H26N6OS/c1-12-20-15(11-26-12)16-21-17(13-6-5-9-23(10-13)18(19)25)24(22-16)14-7-3-2-4-8-14/h11,13-14H,2-10H2,1H3,(H2,19,25)/t13-/m1/s1. The Morgan fingerprint density at radius 2 is 2.00 bits per heavy atom. The van der Waals surface area contributed by atoms with Gasteiger partial charge in [-0.2, -0.15) is 0 Å². The summed E-state index contributed by atoms with van der Waals surface area (Å²) in [5.41, 5.74) is 6.38. The molecule has 2 amide bonds. The van der Waals surface area contributed by atoms with Crippen LogP contribution in [0.15, 0.2) is 5.38 Å². The molecule has 140 valence electrons. The van der Waals surface area contributed by atoms with Gasteiger partial charge < -0.3 is 10.6 Å². The van der Waals surface area contributed by atoms with E-state index in [0.29, 0.717) is 18.4 Å². The van der Waals surface area contributed by atoms with Gasteiger partial charge in [0.05, 0.1) is 11.0 Å². The van der Waals surface area contributed by atoms with E-state index in [1.165, 1.54) is 19.3 Å². The molecule has 8 heteroatoms. The third kappa shape index (κ3) is 3.47. The Labute approximate surface area is 157 Å². The first-order valence-corrected chi connectivity index (χ1v) is 10.4. The van der Waals surface area contributed by atoms with Crippen molar-refractivity contribution in [2.24, 2.45) is 5.73 Å². The first kappa shape index (κ1) is 17.5. The van der Waals surface area contributed by atoms with Crippen LogP contribution < -0.4 is 5.73 Å². The van der Waals surface area contributed by atoms with Gasteiger partial charge in [0, 0.05) is 24.4 Å². The summed E-state index contributed by atoms with van der Waals surface area (Å²) in [5, 5.41) is 7.92. The van der Waals surface area contributed by atoms with Gasteiger partial charge in [-0.1, -0.05) is 19.3 Å². The zero-order chi connectivity index (χ0) is 18.1. The highest BCUT2D eigenvalue weighted by atomic mass is 32.1. The number of piperidine rings is 1. The predicted octanol–water partition coefficient (Wildman–Crippen LogP) is 3.47. The van der Waals surface area contributed by atoms with Gasteiger partial charge in [0.1, 0.15) is 11.5 Å². The zero-order valence-corrected chi connectivity index (χ0v) is 16.0. The number of amides is 2. The van der Waals surface area contributed by atoms with Crippen LogP contribution in [0.25, 0.3) is 11.5 Å². The number of carbonyl (C=O) groups excluding carboxylic acids is 1. The quantitative estimate of drug-likeness (QED) is 0.890. The molecule has 2 N–H and O–H groups in total. The number of nitrogens with zero attached hydrogens (tertiary/aromatic N) is 5. The molecule has 1 atom stereocenters. The second-order valence-electron chi connectivity index (χ2n) is 7.41. The van der Waals surface area contributed by atoms with Gasteiger partial charge >= 0.3 is 6.03 Å². The first-order valence-electron chi connectivity index (χ1n) is 9.55. The van der Waals surface area contributed by atoms with E-state index in [1.807, 2.05) is 12.3 Å². The molecular weight excluding hydrogens is 348 g/mol. The Balaban J connectivity index is 1.68. The molecule has 1 saturated heterocycles. The van der Waals surface area contributed by atoms with Gasteiger partial charge in [-0.05, 0) is 32.6 Å². The van der Waals surface area contributed by atoms with Crippen LogP contribution in [-0.2, 0) is 0 Å². The van der Waals surface area contributed by atoms with E-state index in [9.17, 15) is 4.79 Å². The van der Waals surface area contributed by atoms with Crippen LogP contribution in [0.2, 0.25) is 0 Å². The number of rotatable bonds is 3. The lowest BCUT2D eigenvalue weighted by atomic mass is 9.93. The third-order valence-corrected chi connectivity index (χ3v) is 6.30. The van der Waals surface area contributed by atoms with Crippen LogP contribution in [-0.4, -0.2) is 43.8 Å². The lowest BCUT2D eigenvalue weighted by molar-refractivity contribution is 0.185. The number of carbonyl (C=O) groups is 1. The maximum absolute atomic E-state index is 11.6. The summed E-state index contributed by atoms with van der Waals surface area (Å²) in [4.78, 5) is 22.8. The van der Waals surface area contributed by atoms with E-state index in [1.54, 1.807) is 16.2 Å². The van der Waals surface area contributed by atoms with Crippen LogP contribution in [0.3, 0.4) is 0 Å². The number of hydrogen-bond donors (Lipinski definition) is 1. The van der Waals surface area contributed by atoms with Crippen molar-refractivity contribution in [3.8, 4) is 11.5 Å². The van der Waals surface area contributed by atoms with Crippen LogP contribution in [0.1, 0.15) is 67.7 Å². The highest BCUT2D eigenvalue weighted by Crippen LogP contribution is 2.34. The summed E-state index contributed by atoms with van der Waals surface area (Å²) in [6.45, 7) is 3.37. The smallest absolute Gasteiger partial charge is 0.314 e. The second-order valence-corrected chi connectivity index (χ2v) is 8.47. The molecule has 1 saturated carbocycles. The van der Waals surface area contributed by atoms with E-state index in [4.69, 9.17) is 15.8 Å². The lowest BCUT2D eigenvalue weighted by Crippen LogP contribution is -2.42. The van der Waals surface area contributed by atoms with Crippen LogP contribution in [0.4, 0.5) is 4.79 Å². The van der Waals surface area contributed by atoms with Gasteiger partial charge in [-0.3, -0.25) is 0 Å². The summed E-state index contributed by atoms with van der Waals surface area (Å²) in [6, 6.07) is 0.0671. The number of hydrogen-bond acceptors (Lipinski definition) is 5. The predicted molar refractivity (Wildman–Crippen MR) is 101 cm³/mol. The van der Waals surface area contributed by atoms with E-state index < -0.39 is 0 Å². The minimum absolute atomic E-state index is 0.194. The largest absolute Gasteiger partial charge is 0.351 e. The van der Waals surface area contributed by atoms with Crippen molar-refractivity contribution < 1.29 is 4.79 Å². The second kappa shape index (κ2) is 7.34. The molecule has 0 radical (unpaired) electrons. The summed E-state index contributed by atoms with van der Waals surface area (Å²) in [7, 11) is 0. The van der Waals surface area contributed by atoms with E-state index in [0.717, 1.165) is 48.8 Å². The number of primary amides is 1. The molecule has 1 aliphatic heterocycles. The highest BCUT2D eigenvalue weighted by Gasteiger charge is 2.31. The monoisotopic (exact) mass is 374 g/mol. The SMILES string of the molecule is Cc1nc(-c2nc([C@@H]3CCCN(C(N)=O)C3)n(C3CCCCC3)n2)cs1. The molecule has 26 heavy (non-hydrogen) atoms. The van der Waals surface area contributed by atoms with Gasteiger partial charge in [0.2, 0.25) is 5.82 Å². The highest BCUT2D eigenvalue weighted by molar-refractivity contribution is 7.09. The van der Waals surface area contributed by atoms with Crippen molar-refractivity contribution in [3.05, 3.63) is 16.2 Å². The number of nitrogens with two attached hydrogens (primary N) is 1. The molecule has 3 heterocycles. The number of aryl methyl sites for hydroxylation is 1. The summed E-state index contributed by atoms with van der Waals surface area (Å²) in [5.74, 6) is 1.91. The van der Waals surface area contributed by atoms with Gasteiger partial charge in [-0.15, -0.1) is 16.4 Å². The van der Waals surface area contributed by atoms with Gasteiger partial charge in [0.25, 0.3) is 0 Å². The fourth-order valence-corrected chi connectivity index (χ4v) is 4.76. The maximum atomic E-state index is 11.6. The molecule has 7 nitrogen and oxygen atoms in total. The lowest BCUT2D eigenvalue weighted by Gasteiger charge is -2.32. The zero-order valence-electron chi connectivity index (χ0n) is 15.2. The topological polar surface area (TPSA) is 89.9 Å². The molecule has 0 unspecified atom stereocenters. The molecule has 0 aromatic carbocycles. The summed E-state index contributed by atoms with van der Waals surface area (Å²) in [6.07, 6.45) is 8.06. The Morgan fingerprint density at radius 1 is 1.19 bits per heavy atom. The minimum Gasteiger partial charge on any atom is -0.351 e. The van der Waals surface area contributed by atoms with Crippen LogP contribution in [0.5, 0.6) is 0 Å². The van der Waals surface area contributed by atoms with Crippen molar-refractivity contribution >= 4 is 17.4 Å². The number of urea groups is 1. The molecule has 2 fully saturated rings. The van der Waals surface area contributed by atoms with Crippen LogP contribution in [0, 0.1) is 6.92 Å². The van der Waals surface area contributed by atoms with Crippen molar-refractivity contribution in [2.75, 3.05) is 13.1 Å². The average Bonchev–Trinajstić information content (AvgIpc) is 3.29. The Morgan fingerprint density at radius 3 is 2.69 bits per heavy atom. The normalized spacial score (nSPS) is 21.9. The fraction of sp³-hybridized carbons (Fsp3) is 0.667. The summed E-state index contributed by atoms with van der Waals surface area (Å²) < 4.78 is 2.15. The van der Waals surface area contributed by atoms with E-state index in [2.05, 4.69) is 9.67 Å². The number of likely N-dealkylation sites (tertiary alicyclic amines) is 1. The van der Waals surface area contributed by atoms with Crippen molar-refractivity contribution in [1.82, 2.24) is 24.6 Å². The van der Waals surface area contributed by atoms with Crippen molar-refractivity contribution in [1.29, 1.82) is 0 Å². The number of thiazole rings is 1. The Bertz CT molecular complexity index is 778. The van der Waals surface area contributed by atoms with Crippen molar-refractivity contribution in [3.63, 3.8) is 0 Å². The van der Waals surface area contributed by atoms with Gasteiger partial charge in [-0.25, -0.2) is 19.4 Å². The molecule has 2 aromatic heterocycles. The minimum atomic E-state index is -0.339. The fourth-order valence-electron chi connectivity index (χ4n) is 4.17. The van der Waals surface area contributed by atoms with Crippen molar-refractivity contribution in [2.45, 2.75) is 63.8 Å². The van der Waals surface area contributed by atoms with Gasteiger partial charge in [0.15, 0.2) is 0 Å². The Kier molecular flexibility index (Phi) is 4.93. The third-order valence-electron chi connectivity index (χ3n) is 5.52. The average molecular weight is 375 g/mol. The Hall–Kier alpha value is -1.96. The molecular formula is C18H26N6OS. The molecule has 2 aliphatic rings. The summed E-state index contributed by atoms with van der Waals surface area (Å²) >= 11 is 1.62. The molecule has 0 spiro atoms. The van der Waals surface area contributed by atoms with E-state index >= 15 is 0 Å². The maximum Gasteiger partial charge on any atom is 0.314 e. The molecule has 1 aliphatic carbocycles.